The molecule has 1 heterocycles. The molecule has 0 atom stereocenters. The Balaban J connectivity index is 1.73. The number of ether oxygens (including phenoxy) is 1. The number of benzene rings is 2. The van der Waals surface area contributed by atoms with Crippen LogP contribution in [0, 0.1) is 6.92 Å². The van der Waals surface area contributed by atoms with Crippen molar-refractivity contribution in [3.8, 4) is 5.75 Å². The lowest BCUT2D eigenvalue weighted by molar-refractivity contribution is -0.134. The highest BCUT2D eigenvalue weighted by atomic mass is 79.9. The van der Waals surface area contributed by atoms with Crippen molar-refractivity contribution in [3.63, 3.8) is 0 Å². The van der Waals surface area contributed by atoms with Crippen molar-refractivity contribution in [2.24, 2.45) is 0 Å². The van der Waals surface area contributed by atoms with Crippen LogP contribution in [-0.2, 0) is 11.3 Å². The van der Waals surface area contributed by atoms with Crippen molar-refractivity contribution < 1.29 is 9.53 Å². The third-order valence-electron chi connectivity index (χ3n) is 3.70. The number of hydrogen-bond donors (Lipinski definition) is 0. The van der Waals surface area contributed by atoms with Gasteiger partial charge in [-0.3, -0.25) is 14.2 Å². The smallest absolute Gasteiger partial charge is 0.313 e. The zero-order valence-electron chi connectivity index (χ0n) is 13.3. The molecule has 0 saturated carbocycles. The molecule has 0 unspecified atom stereocenters. The molecule has 0 amide bonds. The first-order valence-electron chi connectivity index (χ1n) is 7.55. The standard InChI is InChI=1S/C18H14BrClN2O3/c1-11-8-13(20)3-5-16(11)25-17(23)6-7-22-10-21-15-4-2-12(19)9-14(15)18(22)24/h2-5,8-10H,6-7H2,1H3. The Bertz CT molecular complexity index is 1020. The summed E-state index contributed by atoms with van der Waals surface area (Å²) >= 11 is 9.22. The molecule has 0 fully saturated rings. The Labute approximate surface area is 157 Å². The summed E-state index contributed by atoms with van der Waals surface area (Å²) in [5, 5.41) is 1.08. The van der Waals surface area contributed by atoms with Gasteiger partial charge in [-0.2, -0.15) is 0 Å². The number of esters is 1. The fourth-order valence-electron chi connectivity index (χ4n) is 2.40. The van der Waals surface area contributed by atoms with Gasteiger partial charge in [0, 0.05) is 16.0 Å². The number of nitrogens with zero attached hydrogens (tertiary/aromatic N) is 2. The van der Waals surface area contributed by atoms with Crippen molar-refractivity contribution in [3.05, 3.63) is 68.1 Å². The maximum Gasteiger partial charge on any atom is 0.313 e. The monoisotopic (exact) mass is 420 g/mol. The Kier molecular flexibility index (Phi) is 5.20. The van der Waals surface area contributed by atoms with Crippen LogP contribution in [0.4, 0.5) is 0 Å². The van der Waals surface area contributed by atoms with E-state index in [1.807, 2.05) is 13.0 Å². The third kappa shape index (κ3) is 4.08. The van der Waals surface area contributed by atoms with Crippen LogP contribution in [0.5, 0.6) is 5.75 Å². The third-order valence-corrected chi connectivity index (χ3v) is 4.43. The second kappa shape index (κ2) is 7.37. The van der Waals surface area contributed by atoms with Gasteiger partial charge in [-0.05, 0) is 48.9 Å². The number of carbonyl (C=O) groups is 1. The summed E-state index contributed by atoms with van der Waals surface area (Å²) in [6, 6.07) is 10.3. The Morgan fingerprint density at radius 2 is 2.08 bits per heavy atom. The van der Waals surface area contributed by atoms with Crippen LogP contribution in [0.2, 0.25) is 5.02 Å². The second-order valence-corrected chi connectivity index (χ2v) is 6.89. The SMILES string of the molecule is Cc1cc(Cl)ccc1OC(=O)CCn1cnc2ccc(Br)cc2c1=O. The Morgan fingerprint density at radius 3 is 2.84 bits per heavy atom. The zero-order chi connectivity index (χ0) is 18.0. The Morgan fingerprint density at radius 1 is 1.28 bits per heavy atom. The molecular weight excluding hydrogens is 408 g/mol. The van der Waals surface area contributed by atoms with Crippen LogP contribution < -0.4 is 10.3 Å². The summed E-state index contributed by atoms with van der Waals surface area (Å²) in [7, 11) is 0. The molecule has 0 saturated heterocycles. The topological polar surface area (TPSA) is 61.2 Å². The van der Waals surface area contributed by atoms with E-state index in [0.717, 1.165) is 10.0 Å². The summed E-state index contributed by atoms with van der Waals surface area (Å²) in [5.74, 6) is 0.0361. The fourth-order valence-corrected chi connectivity index (χ4v) is 2.99. The maximum absolute atomic E-state index is 12.5. The van der Waals surface area contributed by atoms with E-state index in [0.29, 0.717) is 21.7 Å². The fraction of sp³-hybridized carbons (Fsp3) is 0.167. The number of hydrogen-bond acceptors (Lipinski definition) is 4. The predicted molar refractivity (Wildman–Crippen MR) is 100 cm³/mol. The van der Waals surface area contributed by atoms with E-state index < -0.39 is 5.97 Å². The molecule has 25 heavy (non-hydrogen) atoms. The minimum atomic E-state index is -0.424. The molecule has 0 spiro atoms. The highest BCUT2D eigenvalue weighted by Gasteiger charge is 2.10. The van der Waals surface area contributed by atoms with Gasteiger partial charge in [0.25, 0.3) is 5.56 Å². The van der Waals surface area contributed by atoms with Crippen LogP contribution in [0.15, 0.2) is 52.0 Å². The van der Waals surface area contributed by atoms with Crippen LogP contribution in [0.1, 0.15) is 12.0 Å². The van der Waals surface area contributed by atoms with Crippen molar-refractivity contribution in [1.29, 1.82) is 0 Å². The molecule has 7 heteroatoms. The summed E-state index contributed by atoms with van der Waals surface area (Å²) in [6.45, 7) is 2.00. The van der Waals surface area contributed by atoms with Gasteiger partial charge in [0.2, 0.25) is 0 Å². The summed E-state index contributed by atoms with van der Waals surface area (Å²) in [5.41, 5.74) is 1.20. The van der Waals surface area contributed by atoms with E-state index >= 15 is 0 Å². The quantitative estimate of drug-likeness (QED) is 0.470. The van der Waals surface area contributed by atoms with Crippen molar-refractivity contribution in [2.45, 2.75) is 19.9 Å². The van der Waals surface area contributed by atoms with Gasteiger partial charge in [-0.25, -0.2) is 4.98 Å². The molecule has 3 aromatic rings. The highest BCUT2D eigenvalue weighted by molar-refractivity contribution is 9.10. The number of halogens is 2. The number of carbonyl (C=O) groups excluding carboxylic acids is 1. The summed E-state index contributed by atoms with van der Waals surface area (Å²) < 4.78 is 7.54. The van der Waals surface area contributed by atoms with E-state index in [1.165, 1.54) is 10.9 Å². The normalized spacial score (nSPS) is 10.8. The van der Waals surface area contributed by atoms with Gasteiger partial charge >= 0.3 is 5.97 Å². The molecule has 128 valence electrons. The summed E-state index contributed by atoms with van der Waals surface area (Å²) in [6.07, 6.45) is 1.50. The van der Waals surface area contributed by atoms with E-state index in [-0.39, 0.29) is 18.5 Å². The largest absolute Gasteiger partial charge is 0.426 e. The lowest BCUT2D eigenvalue weighted by atomic mass is 10.2. The molecule has 0 N–H and O–H groups in total. The van der Waals surface area contributed by atoms with E-state index in [1.54, 1.807) is 30.3 Å². The number of aromatic nitrogens is 2. The first kappa shape index (κ1) is 17.6. The molecule has 3 rings (SSSR count). The van der Waals surface area contributed by atoms with Gasteiger partial charge < -0.3 is 4.74 Å². The molecular formula is C18H14BrClN2O3. The van der Waals surface area contributed by atoms with Gasteiger partial charge in [-0.15, -0.1) is 0 Å². The first-order chi connectivity index (χ1) is 11.9. The minimum absolute atomic E-state index is 0.0587. The average molecular weight is 422 g/mol. The van der Waals surface area contributed by atoms with E-state index in [9.17, 15) is 9.59 Å². The van der Waals surface area contributed by atoms with Crippen LogP contribution in [0.25, 0.3) is 10.9 Å². The molecule has 0 aliphatic carbocycles. The van der Waals surface area contributed by atoms with Crippen molar-refractivity contribution >= 4 is 44.4 Å². The molecule has 5 nitrogen and oxygen atoms in total. The molecule has 0 aliphatic heterocycles. The van der Waals surface area contributed by atoms with E-state index in [2.05, 4.69) is 20.9 Å². The maximum atomic E-state index is 12.5. The highest BCUT2D eigenvalue weighted by Crippen LogP contribution is 2.22. The van der Waals surface area contributed by atoms with Gasteiger partial charge in [0.1, 0.15) is 5.75 Å². The van der Waals surface area contributed by atoms with Crippen LogP contribution in [-0.4, -0.2) is 15.5 Å². The van der Waals surface area contributed by atoms with E-state index in [4.69, 9.17) is 16.3 Å². The van der Waals surface area contributed by atoms with Crippen LogP contribution in [0.3, 0.4) is 0 Å². The molecule has 0 radical (unpaired) electrons. The zero-order valence-corrected chi connectivity index (χ0v) is 15.7. The van der Waals surface area contributed by atoms with Crippen LogP contribution >= 0.6 is 27.5 Å². The second-order valence-electron chi connectivity index (χ2n) is 5.54. The van der Waals surface area contributed by atoms with Gasteiger partial charge in [0.05, 0.1) is 23.7 Å². The predicted octanol–water partition coefficient (Wildman–Crippen LogP) is 4.12. The van der Waals surface area contributed by atoms with Crippen molar-refractivity contribution in [2.75, 3.05) is 0 Å². The first-order valence-corrected chi connectivity index (χ1v) is 8.72. The lowest BCUT2D eigenvalue weighted by Crippen LogP contribution is -2.23. The molecule has 0 aliphatic rings. The Hall–Kier alpha value is -2.18. The molecule has 0 bridgehead atoms. The molecule has 1 aromatic heterocycles. The number of fused-ring (bicyclic) bond motifs is 1. The minimum Gasteiger partial charge on any atom is -0.426 e. The van der Waals surface area contributed by atoms with Crippen molar-refractivity contribution in [1.82, 2.24) is 9.55 Å². The van der Waals surface area contributed by atoms with Gasteiger partial charge in [-0.1, -0.05) is 27.5 Å². The number of rotatable bonds is 4. The molecule has 2 aromatic carbocycles. The van der Waals surface area contributed by atoms with Gasteiger partial charge in [0.15, 0.2) is 0 Å². The lowest BCUT2D eigenvalue weighted by Gasteiger charge is -2.09. The number of aryl methyl sites for hydroxylation is 2. The average Bonchev–Trinajstić information content (AvgIpc) is 2.57. The summed E-state index contributed by atoms with van der Waals surface area (Å²) in [4.78, 5) is 28.8.